The summed E-state index contributed by atoms with van der Waals surface area (Å²) in [6.45, 7) is 2.75. The van der Waals surface area contributed by atoms with Gasteiger partial charge in [0.25, 0.3) is 0 Å². The summed E-state index contributed by atoms with van der Waals surface area (Å²) in [5.74, 6) is -0.356. The summed E-state index contributed by atoms with van der Waals surface area (Å²) >= 11 is 5.55. The lowest BCUT2D eigenvalue weighted by Crippen LogP contribution is -2.21. The third-order valence-corrected chi connectivity index (χ3v) is 2.30. The SMILES string of the molecule is CC(=O)[C@@H](C)Oc1cc(Cl)cc(C(F)(F)F)c1. The van der Waals surface area contributed by atoms with E-state index in [2.05, 4.69) is 0 Å². The molecule has 1 aromatic carbocycles. The van der Waals surface area contributed by atoms with Gasteiger partial charge in [-0.2, -0.15) is 13.2 Å². The molecule has 94 valence electrons. The number of halogens is 4. The van der Waals surface area contributed by atoms with Gasteiger partial charge in [0.15, 0.2) is 11.9 Å². The molecule has 0 fully saturated rings. The largest absolute Gasteiger partial charge is 0.483 e. The zero-order chi connectivity index (χ0) is 13.2. The Hall–Kier alpha value is -1.23. The van der Waals surface area contributed by atoms with Gasteiger partial charge in [-0.05, 0) is 32.0 Å². The van der Waals surface area contributed by atoms with Crippen molar-refractivity contribution < 1.29 is 22.7 Å². The number of hydrogen-bond acceptors (Lipinski definition) is 2. The zero-order valence-electron chi connectivity index (χ0n) is 9.14. The molecule has 0 aliphatic carbocycles. The molecule has 17 heavy (non-hydrogen) atoms. The molecule has 1 aromatic rings. The highest BCUT2D eigenvalue weighted by Crippen LogP contribution is 2.34. The number of ketones is 1. The van der Waals surface area contributed by atoms with Crippen LogP contribution in [-0.2, 0) is 11.0 Å². The zero-order valence-corrected chi connectivity index (χ0v) is 9.89. The van der Waals surface area contributed by atoms with E-state index in [1.54, 1.807) is 0 Å². The molecule has 0 bridgehead atoms. The van der Waals surface area contributed by atoms with E-state index in [0.717, 1.165) is 12.1 Å². The Morgan fingerprint density at radius 3 is 2.41 bits per heavy atom. The second kappa shape index (κ2) is 4.96. The number of rotatable bonds is 3. The van der Waals surface area contributed by atoms with Gasteiger partial charge in [0.05, 0.1) is 5.56 Å². The first-order valence-corrected chi connectivity index (χ1v) is 5.13. The number of carbonyl (C=O) groups is 1. The van der Waals surface area contributed by atoms with Crippen LogP contribution in [0.5, 0.6) is 5.75 Å². The van der Waals surface area contributed by atoms with E-state index < -0.39 is 17.8 Å². The Kier molecular flexibility index (Phi) is 4.03. The Labute approximate surface area is 101 Å². The minimum atomic E-state index is -4.50. The van der Waals surface area contributed by atoms with Crippen LogP contribution in [0.2, 0.25) is 5.02 Å². The first-order chi connectivity index (χ1) is 7.70. The molecule has 0 saturated heterocycles. The first kappa shape index (κ1) is 13.8. The quantitative estimate of drug-likeness (QED) is 0.833. The van der Waals surface area contributed by atoms with Crippen molar-refractivity contribution in [2.75, 3.05) is 0 Å². The van der Waals surface area contributed by atoms with E-state index >= 15 is 0 Å². The van der Waals surface area contributed by atoms with Gasteiger partial charge in [0, 0.05) is 5.02 Å². The number of hydrogen-bond donors (Lipinski definition) is 0. The molecule has 0 saturated carbocycles. The van der Waals surface area contributed by atoms with Crippen LogP contribution in [0.15, 0.2) is 18.2 Å². The van der Waals surface area contributed by atoms with Crippen molar-refractivity contribution >= 4 is 17.4 Å². The normalized spacial score (nSPS) is 13.3. The molecule has 0 aliphatic heterocycles. The van der Waals surface area contributed by atoms with E-state index in [-0.39, 0.29) is 16.6 Å². The Morgan fingerprint density at radius 1 is 1.35 bits per heavy atom. The van der Waals surface area contributed by atoms with Crippen molar-refractivity contribution in [1.29, 1.82) is 0 Å². The number of carbonyl (C=O) groups excluding carboxylic acids is 1. The summed E-state index contributed by atoms with van der Waals surface area (Å²) in [7, 11) is 0. The van der Waals surface area contributed by atoms with Crippen LogP contribution in [0.1, 0.15) is 19.4 Å². The molecule has 0 unspecified atom stereocenters. The van der Waals surface area contributed by atoms with Gasteiger partial charge in [-0.3, -0.25) is 4.79 Å². The number of benzene rings is 1. The average Bonchev–Trinajstić information content (AvgIpc) is 2.15. The molecule has 0 amide bonds. The highest BCUT2D eigenvalue weighted by atomic mass is 35.5. The van der Waals surface area contributed by atoms with E-state index in [9.17, 15) is 18.0 Å². The number of alkyl halides is 3. The van der Waals surface area contributed by atoms with E-state index in [0.29, 0.717) is 0 Å². The highest BCUT2D eigenvalue weighted by molar-refractivity contribution is 6.30. The fraction of sp³-hybridized carbons (Fsp3) is 0.364. The van der Waals surface area contributed by atoms with Crippen LogP contribution in [0.3, 0.4) is 0 Å². The van der Waals surface area contributed by atoms with Crippen LogP contribution < -0.4 is 4.74 Å². The van der Waals surface area contributed by atoms with E-state index in [1.165, 1.54) is 19.9 Å². The summed E-state index contributed by atoms with van der Waals surface area (Å²) < 4.78 is 42.4. The Bertz CT molecular complexity index is 429. The van der Waals surface area contributed by atoms with Crippen LogP contribution in [0.4, 0.5) is 13.2 Å². The molecule has 1 rings (SSSR count). The summed E-state index contributed by atoms with van der Waals surface area (Å²) in [6, 6.07) is 2.84. The van der Waals surface area contributed by atoms with Gasteiger partial charge in [-0.25, -0.2) is 0 Å². The number of Topliss-reactive ketones (excluding diaryl/α,β-unsaturated/α-hetero) is 1. The standard InChI is InChI=1S/C11H10ClF3O2/c1-6(16)7(2)17-10-4-8(11(13,14)15)3-9(12)5-10/h3-5,7H,1-2H3/t7-/m1/s1. The molecule has 0 heterocycles. The maximum absolute atomic E-state index is 12.5. The predicted molar refractivity (Wildman–Crippen MR) is 57.2 cm³/mol. The van der Waals surface area contributed by atoms with Crippen LogP contribution >= 0.6 is 11.6 Å². The molecule has 6 heteroatoms. The Morgan fingerprint density at radius 2 is 1.94 bits per heavy atom. The van der Waals surface area contributed by atoms with Gasteiger partial charge in [0.1, 0.15) is 5.75 Å². The third-order valence-electron chi connectivity index (χ3n) is 2.08. The van der Waals surface area contributed by atoms with E-state index in [4.69, 9.17) is 16.3 Å². The van der Waals surface area contributed by atoms with Crippen molar-refractivity contribution in [3.05, 3.63) is 28.8 Å². The minimum absolute atomic E-state index is 0.0764. The lowest BCUT2D eigenvalue weighted by molar-refractivity contribution is -0.137. The van der Waals surface area contributed by atoms with Gasteiger partial charge < -0.3 is 4.74 Å². The lowest BCUT2D eigenvalue weighted by atomic mass is 10.2. The fourth-order valence-electron chi connectivity index (χ4n) is 1.08. The minimum Gasteiger partial charge on any atom is -0.483 e. The summed E-state index contributed by atoms with van der Waals surface area (Å²) in [5, 5.41) is -0.0921. The molecule has 0 aromatic heterocycles. The van der Waals surface area contributed by atoms with Crippen LogP contribution in [0, 0.1) is 0 Å². The molecule has 2 nitrogen and oxygen atoms in total. The van der Waals surface area contributed by atoms with Gasteiger partial charge >= 0.3 is 6.18 Å². The summed E-state index contributed by atoms with van der Waals surface area (Å²) in [6.07, 6.45) is -5.31. The summed E-state index contributed by atoms with van der Waals surface area (Å²) in [4.78, 5) is 10.9. The van der Waals surface area contributed by atoms with Crippen molar-refractivity contribution in [2.45, 2.75) is 26.1 Å². The van der Waals surface area contributed by atoms with E-state index in [1.807, 2.05) is 0 Å². The molecule has 0 spiro atoms. The first-order valence-electron chi connectivity index (χ1n) is 4.75. The van der Waals surface area contributed by atoms with Gasteiger partial charge in [-0.1, -0.05) is 11.6 Å². The molecule has 0 N–H and O–H groups in total. The second-order valence-corrected chi connectivity index (χ2v) is 3.98. The van der Waals surface area contributed by atoms with Gasteiger partial charge in [0.2, 0.25) is 0 Å². The predicted octanol–water partition coefficient (Wildman–Crippen LogP) is 3.72. The highest BCUT2D eigenvalue weighted by Gasteiger charge is 2.31. The topological polar surface area (TPSA) is 26.3 Å². The fourth-order valence-corrected chi connectivity index (χ4v) is 1.31. The van der Waals surface area contributed by atoms with Crippen LogP contribution in [0.25, 0.3) is 0 Å². The maximum Gasteiger partial charge on any atom is 0.416 e. The second-order valence-electron chi connectivity index (χ2n) is 3.54. The van der Waals surface area contributed by atoms with Crippen molar-refractivity contribution in [1.82, 2.24) is 0 Å². The van der Waals surface area contributed by atoms with Crippen molar-refractivity contribution in [3.63, 3.8) is 0 Å². The molecule has 0 radical (unpaired) electrons. The molecular formula is C11H10ClF3O2. The lowest BCUT2D eigenvalue weighted by Gasteiger charge is -2.14. The monoisotopic (exact) mass is 266 g/mol. The molecule has 1 atom stereocenters. The molecular weight excluding hydrogens is 257 g/mol. The van der Waals surface area contributed by atoms with Crippen molar-refractivity contribution in [2.24, 2.45) is 0 Å². The molecule has 0 aliphatic rings. The average molecular weight is 267 g/mol. The van der Waals surface area contributed by atoms with Crippen LogP contribution in [-0.4, -0.2) is 11.9 Å². The van der Waals surface area contributed by atoms with Gasteiger partial charge in [-0.15, -0.1) is 0 Å². The summed E-state index contributed by atoms with van der Waals surface area (Å²) in [5.41, 5.74) is -0.907. The Balaban J connectivity index is 3.02. The van der Waals surface area contributed by atoms with Crippen molar-refractivity contribution in [3.8, 4) is 5.75 Å². The smallest absolute Gasteiger partial charge is 0.416 e. The maximum atomic E-state index is 12.5. The third kappa shape index (κ3) is 3.93. The number of ether oxygens (including phenoxy) is 1.